The first-order valence-electron chi connectivity index (χ1n) is 18.1. The van der Waals surface area contributed by atoms with Crippen molar-refractivity contribution >= 4 is 56.3 Å². The van der Waals surface area contributed by atoms with Gasteiger partial charge in [0.15, 0.2) is 5.78 Å². The zero-order valence-electron chi connectivity index (χ0n) is 30.5. The Morgan fingerprint density at radius 3 is 2.58 bits per heavy atom. The van der Waals surface area contributed by atoms with Crippen molar-refractivity contribution in [1.29, 1.82) is 0 Å². The molecule has 5 heterocycles. The van der Waals surface area contributed by atoms with Crippen LogP contribution in [0.25, 0.3) is 28.1 Å². The summed E-state index contributed by atoms with van der Waals surface area (Å²) in [7, 11) is 0. The fourth-order valence-corrected chi connectivity index (χ4v) is 8.02. The van der Waals surface area contributed by atoms with Crippen LogP contribution in [0.15, 0.2) is 54.0 Å². The number of anilines is 1. The first kappa shape index (κ1) is 36.3. The van der Waals surface area contributed by atoms with E-state index in [2.05, 4.69) is 66.1 Å². The quantitative estimate of drug-likeness (QED) is 0.0754. The van der Waals surface area contributed by atoms with Gasteiger partial charge in [-0.15, -0.1) is 5.10 Å². The number of rotatable bonds is 14. The van der Waals surface area contributed by atoms with Crippen LogP contribution in [0.3, 0.4) is 0 Å². The van der Waals surface area contributed by atoms with Gasteiger partial charge in [-0.25, -0.2) is 15.0 Å². The van der Waals surface area contributed by atoms with Crippen molar-refractivity contribution in [3.63, 3.8) is 0 Å². The van der Waals surface area contributed by atoms with Crippen LogP contribution in [0.2, 0.25) is 0 Å². The number of carbonyl (C=O) groups is 3. The standard InChI is InChI=1S/C39H43BrN10O3/c1-6-8-9-10-11-26-14-27(28-18-41-25(5)42-19-28)15-30-35(24(4)51)46-49(36(26)30)21-34(52)50-31(38(53)44-37-23(3)12-13-33(40)43-37)16-39(17-32(39)50)22-48-20-29(7-2)45-47-48/h7,12-15,18-20,31-32H,2,6,8-11,16-17,21-22H2,1,3-5H3,(H,43,44,53)/t31-,32+,39-/m0/s1. The zero-order chi connectivity index (χ0) is 37.4. The number of likely N-dealkylation sites (tertiary alicyclic amines) is 1. The minimum Gasteiger partial charge on any atom is -0.325 e. The number of unbranched alkanes of at least 4 members (excludes halogenated alkanes) is 3. The largest absolute Gasteiger partial charge is 0.325 e. The molecule has 1 saturated carbocycles. The number of aryl methyl sites for hydroxylation is 3. The fraction of sp³-hybridized carbons (Fsp3) is 0.410. The number of fused-ring (bicyclic) bond motifs is 2. The van der Waals surface area contributed by atoms with Crippen molar-refractivity contribution in [3.8, 4) is 11.1 Å². The Kier molecular flexibility index (Phi) is 10.1. The van der Waals surface area contributed by atoms with E-state index in [0.29, 0.717) is 46.0 Å². The predicted molar refractivity (Wildman–Crippen MR) is 205 cm³/mol. The fourth-order valence-electron chi connectivity index (χ4n) is 7.71. The summed E-state index contributed by atoms with van der Waals surface area (Å²) in [6, 6.07) is 6.81. The normalized spacial score (nSPS) is 19.0. The number of piperidine rings is 1. The second-order valence-corrected chi connectivity index (χ2v) is 15.2. The van der Waals surface area contributed by atoms with Crippen molar-refractivity contribution in [2.24, 2.45) is 5.41 Å². The molecule has 7 rings (SSSR count). The molecular weight excluding hydrogens is 736 g/mol. The third kappa shape index (κ3) is 7.28. The van der Waals surface area contributed by atoms with Crippen LogP contribution in [-0.2, 0) is 29.1 Å². The second kappa shape index (κ2) is 14.7. The SMILES string of the molecule is C=Cc1cn(C[C@@]23C[C@@H](C(=O)Nc4nc(Br)ccc4C)N(C(=O)Cn4nc(C(C)=O)c5cc(-c6cnc(C)nc6)cc(CCCCCC)c54)[C@@H]2C3)nn1. The van der Waals surface area contributed by atoms with E-state index in [1.165, 1.54) is 6.92 Å². The summed E-state index contributed by atoms with van der Waals surface area (Å²) in [5, 5.41) is 16.9. The van der Waals surface area contributed by atoms with Crippen molar-refractivity contribution < 1.29 is 14.4 Å². The maximum absolute atomic E-state index is 14.7. The number of carbonyl (C=O) groups excluding carboxylic acids is 3. The van der Waals surface area contributed by atoms with Crippen LogP contribution in [0.4, 0.5) is 5.82 Å². The molecular formula is C39H43BrN10O3. The number of hydrogen-bond acceptors (Lipinski definition) is 9. The van der Waals surface area contributed by atoms with Crippen LogP contribution < -0.4 is 5.32 Å². The lowest BCUT2D eigenvalue weighted by Gasteiger charge is -2.27. The Morgan fingerprint density at radius 1 is 1.08 bits per heavy atom. The molecule has 5 aromatic rings. The molecule has 274 valence electrons. The number of nitrogens with one attached hydrogen (secondary N) is 1. The number of aromatic nitrogens is 8. The Balaban J connectivity index is 1.25. The van der Waals surface area contributed by atoms with Crippen molar-refractivity contribution in [1.82, 2.24) is 44.6 Å². The van der Waals surface area contributed by atoms with E-state index in [9.17, 15) is 14.4 Å². The number of Topliss-reactive ketones (excluding diaryl/α,β-unsaturated/α-hetero) is 1. The van der Waals surface area contributed by atoms with Gasteiger partial charge >= 0.3 is 0 Å². The van der Waals surface area contributed by atoms with Gasteiger partial charge in [0.1, 0.15) is 40.2 Å². The van der Waals surface area contributed by atoms with Gasteiger partial charge in [-0.1, -0.05) is 44.0 Å². The highest BCUT2D eigenvalue weighted by Crippen LogP contribution is 2.60. The van der Waals surface area contributed by atoms with Gasteiger partial charge in [0, 0.05) is 41.7 Å². The number of amides is 2. The molecule has 1 aliphatic heterocycles. The summed E-state index contributed by atoms with van der Waals surface area (Å²) >= 11 is 3.40. The molecule has 1 N–H and O–H groups in total. The van der Waals surface area contributed by atoms with Crippen LogP contribution in [0.1, 0.15) is 85.5 Å². The Labute approximate surface area is 316 Å². The highest BCUT2D eigenvalue weighted by atomic mass is 79.9. The van der Waals surface area contributed by atoms with Gasteiger partial charge in [-0.3, -0.25) is 23.7 Å². The Bertz CT molecular complexity index is 2230. The van der Waals surface area contributed by atoms with Gasteiger partial charge in [0.25, 0.3) is 0 Å². The smallest absolute Gasteiger partial charge is 0.248 e. The molecule has 0 unspecified atom stereocenters. The van der Waals surface area contributed by atoms with E-state index < -0.39 is 6.04 Å². The molecule has 4 aromatic heterocycles. The van der Waals surface area contributed by atoms with Crippen LogP contribution in [-0.4, -0.2) is 74.3 Å². The van der Waals surface area contributed by atoms with Gasteiger partial charge in [-0.2, -0.15) is 5.10 Å². The van der Waals surface area contributed by atoms with E-state index in [4.69, 9.17) is 5.10 Å². The average molecular weight is 780 g/mol. The van der Waals surface area contributed by atoms with Crippen LogP contribution >= 0.6 is 15.9 Å². The minimum atomic E-state index is -0.750. The average Bonchev–Trinajstić information content (AvgIpc) is 3.41. The van der Waals surface area contributed by atoms with E-state index in [1.54, 1.807) is 32.7 Å². The molecule has 2 amide bonds. The molecule has 0 bridgehead atoms. The lowest BCUT2D eigenvalue weighted by Crippen LogP contribution is -2.47. The maximum Gasteiger partial charge on any atom is 0.248 e. The number of hydrogen-bond donors (Lipinski definition) is 1. The summed E-state index contributed by atoms with van der Waals surface area (Å²) in [4.78, 5) is 56.9. The topological polar surface area (TPSA) is 154 Å². The molecule has 13 nitrogen and oxygen atoms in total. The Morgan fingerprint density at radius 2 is 1.87 bits per heavy atom. The molecule has 0 spiro atoms. The first-order valence-corrected chi connectivity index (χ1v) is 18.9. The Hall–Kier alpha value is -5.11. The predicted octanol–water partition coefficient (Wildman–Crippen LogP) is 6.53. The number of pyridine rings is 1. The number of benzene rings is 1. The minimum absolute atomic E-state index is 0.132. The van der Waals surface area contributed by atoms with Crippen molar-refractivity contribution in [3.05, 3.63) is 82.4 Å². The van der Waals surface area contributed by atoms with E-state index in [1.807, 2.05) is 38.2 Å². The lowest BCUT2D eigenvalue weighted by molar-refractivity contribution is -0.138. The zero-order valence-corrected chi connectivity index (χ0v) is 32.1. The third-order valence-electron chi connectivity index (χ3n) is 10.5. The van der Waals surface area contributed by atoms with Gasteiger partial charge < -0.3 is 10.2 Å². The summed E-state index contributed by atoms with van der Waals surface area (Å²) in [5.74, 6) is 0.361. The number of nitrogens with zero attached hydrogens (tertiary/aromatic N) is 9. The molecule has 1 saturated heterocycles. The molecule has 2 fully saturated rings. The number of ketones is 1. The van der Waals surface area contributed by atoms with Crippen molar-refractivity contribution in [2.75, 3.05) is 5.32 Å². The maximum atomic E-state index is 14.7. The van der Waals surface area contributed by atoms with E-state index in [-0.39, 0.29) is 35.6 Å². The van der Waals surface area contributed by atoms with Gasteiger partial charge in [-0.05, 0) is 96.4 Å². The molecule has 1 aliphatic carbocycles. The summed E-state index contributed by atoms with van der Waals surface area (Å²) in [6.45, 7) is 11.6. The number of halogens is 1. The highest BCUT2D eigenvalue weighted by molar-refractivity contribution is 9.10. The second-order valence-electron chi connectivity index (χ2n) is 14.4. The van der Waals surface area contributed by atoms with Gasteiger partial charge in [0.2, 0.25) is 11.8 Å². The molecule has 53 heavy (non-hydrogen) atoms. The van der Waals surface area contributed by atoms with Gasteiger partial charge in [0.05, 0.1) is 18.3 Å². The molecule has 2 aliphatic rings. The van der Waals surface area contributed by atoms with Crippen LogP contribution in [0, 0.1) is 19.3 Å². The summed E-state index contributed by atoms with van der Waals surface area (Å²) in [6.07, 6.45) is 13.2. The monoisotopic (exact) mass is 778 g/mol. The summed E-state index contributed by atoms with van der Waals surface area (Å²) < 4.78 is 4.03. The van der Waals surface area contributed by atoms with Crippen LogP contribution in [0.5, 0.6) is 0 Å². The molecule has 14 heteroatoms. The molecule has 1 aromatic carbocycles. The molecule has 3 atom stereocenters. The van der Waals surface area contributed by atoms with E-state index >= 15 is 0 Å². The summed E-state index contributed by atoms with van der Waals surface area (Å²) in [5.41, 5.74) is 4.89. The van der Waals surface area contributed by atoms with E-state index in [0.717, 1.165) is 66.3 Å². The molecule has 0 radical (unpaired) electrons. The third-order valence-corrected chi connectivity index (χ3v) is 11.0. The van der Waals surface area contributed by atoms with Crippen molar-refractivity contribution in [2.45, 2.75) is 97.8 Å². The lowest BCUT2D eigenvalue weighted by atomic mass is 9.97. The first-order chi connectivity index (χ1) is 25.5. The highest BCUT2D eigenvalue weighted by Gasteiger charge is 2.67.